The van der Waals surface area contributed by atoms with Gasteiger partial charge in [0.1, 0.15) is 5.60 Å². The molecular weight excluding hydrogens is 386 g/mol. The van der Waals surface area contributed by atoms with E-state index in [1.807, 2.05) is 0 Å². The van der Waals surface area contributed by atoms with Crippen LogP contribution in [0.1, 0.15) is 112 Å². The highest BCUT2D eigenvalue weighted by Crippen LogP contribution is 2.47. The van der Waals surface area contributed by atoms with Crippen LogP contribution in [-0.4, -0.2) is 22.9 Å². The second kappa shape index (κ2) is 13.0. The zero-order valence-corrected chi connectivity index (χ0v) is 19.6. The number of halogens is 1. The normalized spacial score (nSPS) is 22.9. The minimum absolute atomic E-state index is 0.173. The molecule has 1 heterocycles. The van der Waals surface area contributed by atoms with Crippen molar-refractivity contribution >= 4 is 21.8 Å². The Hall–Kier alpha value is -0.310. The molecule has 1 rings (SSSR count). The van der Waals surface area contributed by atoms with Gasteiger partial charge in [-0.3, -0.25) is 4.99 Å². The van der Waals surface area contributed by atoms with Crippen LogP contribution in [0.15, 0.2) is 16.1 Å². The van der Waals surface area contributed by atoms with Gasteiger partial charge in [0.15, 0.2) is 0 Å². The second-order valence-electron chi connectivity index (χ2n) is 7.70. The van der Waals surface area contributed by atoms with Gasteiger partial charge >= 0.3 is 0 Å². The van der Waals surface area contributed by atoms with E-state index in [1.54, 1.807) is 5.57 Å². The van der Waals surface area contributed by atoms with Gasteiger partial charge in [-0.25, -0.2) is 0 Å². The zero-order valence-electron chi connectivity index (χ0n) is 18.0. The summed E-state index contributed by atoms with van der Waals surface area (Å²) in [5.41, 5.74) is 2.80. The van der Waals surface area contributed by atoms with E-state index in [1.165, 1.54) is 44.1 Å². The maximum absolute atomic E-state index is 6.77. The predicted molar refractivity (Wildman–Crippen MR) is 120 cm³/mol. The summed E-state index contributed by atoms with van der Waals surface area (Å²) >= 11 is 4.03. The molecule has 2 atom stereocenters. The third-order valence-electron chi connectivity index (χ3n) is 5.35. The molecule has 2 unspecified atom stereocenters. The number of alkyl halides is 1. The van der Waals surface area contributed by atoms with E-state index in [-0.39, 0.29) is 5.60 Å². The minimum Gasteiger partial charge on any atom is -0.465 e. The van der Waals surface area contributed by atoms with Crippen LogP contribution in [0.3, 0.4) is 0 Å². The number of unbranched alkanes of at least 4 members (excludes halogenated alkanes) is 3. The summed E-state index contributed by atoms with van der Waals surface area (Å²) in [6, 6.07) is 0. The summed E-state index contributed by atoms with van der Waals surface area (Å²) in [5, 5.41) is 0. The van der Waals surface area contributed by atoms with Gasteiger partial charge in [0, 0.05) is 12.1 Å². The van der Waals surface area contributed by atoms with Crippen molar-refractivity contribution in [2.24, 2.45) is 4.99 Å². The lowest BCUT2D eigenvalue weighted by molar-refractivity contribution is 0.0890. The van der Waals surface area contributed by atoms with E-state index in [4.69, 9.17) is 9.73 Å². The molecule has 2 nitrogen and oxygen atoms in total. The SMILES string of the molecule is CCCCCCN=C1OC(CCC)(C(Br)CCC)C(CCC)=C1CCC. The molecule has 0 aromatic carbocycles. The van der Waals surface area contributed by atoms with Gasteiger partial charge < -0.3 is 4.74 Å². The molecule has 26 heavy (non-hydrogen) atoms. The Morgan fingerprint density at radius 3 is 2.19 bits per heavy atom. The van der Waals surface area contributed by atoms with Gasteiger partial charge in [0.05, 0.1) is 4.83 Å². The topological polar surface area (TPSA) is 21.6 Å². The van der Waals surface area contributed by atoms with Crippen LogP contribution < -0.4 is 0 Å². The Kier molecular flexibility index (Phi) is 11.8. The van der Waals surface area contributed by atoms with E-state index in [0.29, 0.717) is 4.83 Å². The maximum Gasteiger partial charge on any atom is 0.212 e. The van der Waals surface area contributed by atoms with Gasteiger partial charge in [-0.05, 0) is 37.7 Å². The highest BCUT2D eigenvalue weighted by atomic mass is 79.9. The first-order chi connectivity index (χ1) is 12.6. The fraction of sp³-hybridized carbons (Fsp3) is 0.870. The molecule has 0 radical (unpaired) electrons. The van der Waals surface area contributed by atoms with Crippen molar-refractivity contribution in [2.75, 3.05) is 6.54 Å². The molecular formula is C23H42BrNO. The monoisotopic (exact) mass is 427 g/mol. The average molecular weight is 428 g/mol. The Labute approximate surface area is 171 Å². The van der Waals surface area contributed by atoms with Crippen LogP contribution >= 0.6 is 15.9 Å². The Morgan fingerprint density at radius 2 is 1.62 bits per heavy atom. The van der Waals surface area contributed by atoms with Crippen LogP contribution in [-0.2, 0) is 4.74 Å². The fourth-order valence-corrected chi connectivity index (χ4v) is 5.17. The van der Waals surface area contributed by atoms with Crippen molar-refractivity contribution in [2.45, 2.75) is 122 Å². The smallest absolute Gasteiger partial charge is 0.212 e. The van der Waals surface area contributed by atoms with Crippen LogP contribution in [0.25, 0.3) is 0 Å². The van der Waals surface area contributed by atoms with Crippen LogP contribution in [0.4, 0.5) is 0 Å². The van der Waals surface area contributed by atoms with Crippen LogP contribution in [0.5, 0.6) is 0 Å². The average Bonchev–Trinajstić information content (AvgIpc) is 2.91. The molecule has 0 aromatic rings. The first-order valence-corrected chi connectivity index (χ1v) is 12.1. The maximum atomic E-state index is 6.77. The second-order valence-corrected chi connectivity index (χ2v) is 8.81. The Balaban J connectivity index is 3.18. The molecule has 0 spiro atoms. The molecule has 1 aliphatic heterocycles. The van der Waals surface area contributed by atoms with Gasteiger partial charge in [-0.15, -0.1) is 0 Å². The molecule has 0 saturated heterocycles. The van der Waals surface area contributed by atoms with Gasteiger partial charge in [0.25, 0.3) is 0 Å². The van der Waals surface area contributed by atoms with Crippen LogP contribution in [0, 0.1) is 0 Å². The van der Waals surface area contributed by atoms with E-state index < -0.39 is 0 Å². The number of aliphatic imine (C=N–C) groups is 1. The lowest BCUT2D eigenvalue weighted by Gasteiger charge is -2.36. The molecule has 1 aliphatic rings. The van der Waals surface area contributed by atoms with E-state index in [9.17, 15) is 0 Å². The number of hydrogen-bond donors (Lipinski definition) is 0. The van der Waals surface area contributed by atoms with E-state index in [2.05, 4.69) is 50.5 Å². The summed E-state index contributed by atoms with van der Waals surface area (Å²) in [4.78, 5) is 5.34. The zero-order chi connectivity index (χ0) is 19.4. The van der Waals surface area contributed by atoms with Gasteiger partial charge in [-0.2, -0.15) is 0 Å². The summed E-state index contributed by atoms with van der Waals surface area (Å²) < 4.78 is 6.77. The minimum atomic E-state index is -0.173. The molecule has 0 fully saturated rings. The number of rotatable bonds is 14. The molecule has 0 saturated carbocycles. The number of nitrogens with zero attached hydrogens (tertiary/aromatic N) is 1. The van der Waals surface area contributed by atoms with Crippen LogP contribution in [0.2, 0.25) is 0 Å². The van der Waals surface area contributed by atoms with E-state index in [0.717, 1.165) is 51.0 Å². The van der Waals surface area contributed by atoms with Crippen molar-refractivity contribution in [3.8, 4) is 0 Å². The largest absolute Gasteiger partial charge is 0.465 e. The quantitative estimate of drug-likeness (QED) is 0.203. The third-order valence-corrected chi connectivity index (χ3v) is 6.55. The first-order valence-electron chi connectivity index (χ1n) is 11.2. The summed E-state index contributed by atoms with van der Waals surface area (Å²) in [6.45, 7) is 12.3. The van der Waals surface area contributed by atoms with Gasteiger partial charge in [-0.1, -0.05) is 95.5 Å². The summed E-state index contributed by atoms with van der Waals surface area (Å²) in [7, 11) is 0. The van der Waals surface area contributed by atoms with Crippen molar-refractivity contribution in [1.82, 2.24) is 0 Å². The Morgan fingerprint density at radius 1 is 0.885 bits per heavy atom. The van der Waals surface area contributed by atoms with Crippen molar-refractivity contribution in [1.29, 1.82) is 0 Å². The molecule has 152 valence electrons. The number of ether oxygens (including phenoxy) is 1. The van der Waals surface area contributed by atoms with Crippen molar-refractivity contribution < 1.29 is 4.74 Å². The lowest BCUT2D eigenvalue weighted by Crippen LogP contribution is -2.41. The first kappa shape index (κ1) is 23.7. The molecule has 0 N–H and O–H groups in total. The van der Waals surface area contributed by atoms with Crippen molar-refractivity contribution in [3.05, 3.63) is 11.1 Å². The van der Waals surface area contributed by atoms with Crippen molar-refractivity contribution in [3.63, 3.8) is 0 Å². The summed E-state index contributed by atoms with van der Waals surface area (Å²) in [6.07, 6.45) is 14.2. The van der Waals surface area contributed by atoms with E-state index >= 15 is 0 Å². The molecule has 0 aliphatic carbocycles. The lowest BCUT2D eigenvalue weighted by atomic mass is 9.80. The fourth-order valence-electron chi connectivity index (χ4n) is 4.12. The van der Waals surface area contributed by atoms with Gasteiger partial charge in [0.2, 0.25) is 5.90 Å². The standard InChI is InChI=1S/C23H42BrNO/c1-6-11-12-13-18-25-22-19(14-7-2)20(15-8-3)23(26-22,17-10-5)21(24)16-9-4/h21H,6-18H2,1-5H3. The predicted octanol–water partition coefficient (Wildman–Crippen LogP) is 7.99. The Bertz CT molecular complexity index is 457. The third kappa shape index (κ3) is 6.11. The summed E-state index contributed by atoms with van der Waals surface area (Å²) in [5.74, 6) is 0.973. The molecule has 3 heteroatoms. The molecule has 0 bridgehead atoms. The molecule has 0 aromatic heterocycles. The number of hydrogen-bond acceptors (Lipinski definition) is 2. The molecule has 0 amide bonds. The highest BCUT2D eigenvalue weighted by Gasteiger charge is 2.48. The highest BCUT2D eigenvalue weighted by molar-refractivity contribution is 9.09.